The Morgan fingerprint density at radius 2 is 1.88 bits per heavy atom. The Morgan fingerprint density at radius 1 is 1.16 bits per heavy atom. The summed E-state index contributed by atoms with van der Waals surface area (Å²) in [7, 11) is 1.33. The van der Waals surface area contributed by atoms with Crippen molar-refractivity contribution in [3.05, 3.63) is 58.1 Å². The van der Waals surface area contributed by atoms with Crippen molar-refractivity contribution in [2.75, 3.05) is 12.4 Å². The van der Waals surface area contributed by atoms with Crippen molar-refractivity contribution in [2.45, 2.75) is 18.3 Å². The van der Waals surface area contributed by atoms with E-state index in [1.807, 2.05) is 0 Å². The van der Waals surface area contributed by atoms with E-state index in [1.54, 1.807) is 0 Å². The largest absolute Gasteiger partial charge is 0.496 e. The molecule has 8 heteroatoms. The number of hydrogen-bond acceptors (Lipinski definition) is 2. The maximum absolute atomic E-state index is 15.9. The van der Waals surface area contributed by atoms with Crippen LogP contribution in [0.2, 0.25) is 5.02 Å². The first-order chi connectivity index (χ1) is 11.6. The van der Waals surface area contributed by atoms with Gasteiger partial charge in [0.2, 0.25) is 5.91 Å². The lowest BCUT2D eigenvalue weighted by atomic mass is 9.81. The number of fused-ring (bicyclic) bond motifs is 1. The van der Waals surface area contributed by atoms with Crippen molar-refractivity contribution in [1.29, 1.82) is 0 Å². The lowest BCUT2D eigenvalue weighted by Crippen LogP contribution is -2.35. The summed E-state index contributed by atoms with van der Waals surface area (Å²) < 4.78 is 59.8. The van der Waals surface area contributed by atoms with Crippen molar-refractivity contribution in [3.8, 4) is 5.75 Å². The normalized spacial score (nSPS) is 20.0. The molecule has 0 fully saturated rings. The standard InChI is InChI=1S/C17H12ClF4NO2/c1-25-14-5-3-10(18)7-12(14)16(19)8-15(24)23-13-6-9(17(20,21)22)2-4-11(13)16/h2-7H,8H2,1H3,(H,23,24). The molecule has 1 amide bonds. The summed E-state index contributed by atoms with van der Waals surface area (Å²) in [6.07, 6.45) is -5.20. The zero-order valence-electron chi connectivity index (χ0n) is 12.9. The highest BCUT2D eigenvalue weighted by Crippen LogP contribution is 2.48. The molecule has 0 bridgehead atoms. The zero-order valence-corrected chi connectivity index (χ0v) is 13.6. The molecule has 0 saturated carbocycles. The van der Waals surface area contributed by atoms with E-state index in [0.29, 0.717) is 0 Å². The third-order valence-corrected chi connectivity index (χ3v) is 4.28. The molecule has 1 unspecified atom stereocenters. The van der Waals surface area contributed by atoms with Crippen molar-refractivity contribution < 1.29 is 27.1 Å². The third kappa shape index (κ3) is 3.04. The van der Waals surface area contributed by atoms with E-state index >= 15 is 4.39 Å². The van der Waals surface area contributed by atoms with Gasteiger partial charge in [0.25, 0.3) is 0 Å². The first-order valence-electron chi connectivity index (χ1n) is 7.19. The number of benzene rings is 2. The average Bonchev–Trinajstić information content (AvgIpc) is 2.53. The van der Waals surface area contributed by atoms with Crippen LogP contribution in [-0.2, 0) is 16.6 Å². The predicted octanol–water partition coefficient (Wildman–Crippen LogP) is 4.92. The number of methoxy groups -OCH3 is 1. The molecule has 1 heterocycles. The highest BCUT2D eigenvalue weighted by Gasteiger charge is 2.45. The number of ether oxygens (including phenoxy) is 1. The number of alkyl halides is 4. The van der Waals surface area contributed by atoms with Gasteiger partial charge in [0.15, 0.2) is 5.67 Å². The quantitative estimate of drug-likeness (QED) is 0.759. The molecule has 132 valence electrons. The summed E-state index contributed by atoms with van der Waals surface area (Å²) in [5.74, 6) is -0.594. The van der Waals surface area contributed by atoms with Gasteiger partial charge in [-0.05, 0) is 30.3 Å². The fourth-order valence-electron chi connectivity index (χ4n) is 2.91. The van der Waals surface area contributed by atoms with Gasteiger partial charge in [-0.25, -0.2) is 4.39 Å². The van der Waals surface area contributed by atoms with Crippen LogP contribution in [0.25, 0.3) is 0 Å². The molecular formula is C17H12ClF4NO2. The molecule has 2 aromatic rings. The minimum absolute atomic E-state index is 0.0154. The molecule has 0 aliphatic carbocycles. The molecule has 1 N–H and O–H groups in total. The van der Waals surface area contributed by atoms with Gasteiger partial charge in [-0.3, -0.25) is 4.79 Å². The summed E-state index contributed by atoms with van der Waals surface area (Å²) in [5.41, 5.74) is -3.67. The van der Waals surface area contributed by atoms with Gasteiger partial charge in [-0.15, -0.1) is 0 Å². The minimum atomic E-state index is -4.61. The lowest BCUT2D eigenvalue weighted by molar-refractivity contribution is -0.137. The first-order valence-corrected chi connectivity index (χ1v) is 7.57. The molecule has 3 rings (SSSR count). The van der Waals surface area contributed by atoms with Crippen LogP contribution < -0.4 is 10.1 Å². The molecule has 1 aliphatic heterocycles. The highest BCUT2D eigenvalue weighted by atomic mass is 35.5. The molecule has 0 saturated heterocycles. The van der Waals surface area contributed by atoms with E-state index in [9.17, 15) is 18.0 Å². The number of anilines is 1. The van der Waals surface area contributed by atoms with Gasteiger partial charge in [-0.1, -0.05) is 17.7 Å². The van der Waals surface area contributed by atoms with E-state index in [2.05, 4.69) is 5.32 Å². The molecule has 2 aromatic carbocycles. The zero-order chi connectivity index (χ0) is 18.4. The number of rotatable bonds is 2. The molecule has 0 spiro atoms. The van der Waals surface area contributed by atoms with E-state index in [-0.39, 0.29) is 27.6 Å². The second kappa shape index (κ2) is 5.91. The first kappa shape index (κ1) is 17.5. The minimum Gasteiger partial charge on any atom is -0.496 e. The van der Waals surface area contributed by atoms with E-state index in [1.165, 1.54) is 25.3 Å². The molecule has 3 nitrogen and oxygen atoms in total. The van der Waals surface area contributed by atoms with Crippen LogP contribution in [0.1, 0.15) is 23.1 Å². The third-order valence-electron chi connectivity index (χ3n) is 4.04. The number of hydrogen-bond donors (Lipinski definition) is 1. The van der Waals surface area contributed by atoms with Gasteiger partial charge >= 0.3 is 6.18 Å². The van der Waals surface area contributed by atoms with Crippen LogP contribution in [0.15, 0.2) is 36.4 Å². The Balaban J connectivity index is 2.23. The molecular weight excluding hydrogens is 362 g/mol. The number of carbonyl (C=O) groups excluding carboxylic acids is 1. The van der Waals surface area contributed by atoms with Crippen LogP contribution in [-0.4, -0.2) is 13.0 Å². The Morgan fingerprint density at radius 3 is 2.52 bits per heavy atom. The summed E-state index contributed by atoms with van der Waals surface area (Å²) in [6, 6.07) is 6.76. The van der Waals surface area contributed by atoms with Gasteiger partial charge in [0, 0.05) is 21.8 Å². The predicted molar refractivity (Wildman–Crippen MR) is 84.6 cm³/mol. The fourth-order valence-corrected chi connectivity index (χ4v) is 3.08. The summed E-state index contributed by atoms with van der Waals surface area (Å²) in [4.78, 5) is 12.0. The molecule has 0 aromatic heterocycles. The van der Waals surface area contributed by atoms with Gasteiger partial charge in [0.1, 0.15) is 5.75 Å². The summed E-state index contributed by atoms with van der Waals surface area (Å²) >= 11 is 5.93. The highest BCUT2D eigenvalue weighted by molar-refractivity contribution is 6.30. The smallest absolute Gasteiger partial charge is 0.416 e. The number of nitrogens with one attached hydrogen (secondary N) is 1. The van der Waals surface area contributed by atoms with Crippen LogP contribution in [0.4, 0.5) is 23.2 Å². The maximum atomic E-state index is 15.9. The van der Waals surface area contributed by atoms with Crippen molar-refractivity contribution in [1.82, 2.24) is 0 Å². The Bertz CT molecular complexity index is 853. The molecule has 1 atom stereocenters. The van der Waals surface area contributed by atoms with Crippen molar-refractivity contribution in [2.24, 2.45) is 0 Å². The summed E-state index contributed by atoms with van der Waals surface area (Å²) in [6.45, 7) is 0. The Kier molecular flexibility index (Phi) is 4.15. The van der Waals surface area contributed by atoms with Crippen molar-refractivity contribution >= 4 is 23.2 Å². The van der Waals surface area contributed by atoms with Gasteiger partial charge in [-0.2, -0.15) is 13.2 Å². The fraction of sp³-hybridized carbons (Fsp3) is 0.235. The average molecular weight is 374 g/mol. The lowest BCUT2D eigenvalue weighted by Gasteiger charge is -2.33. The summed E-state index contributed by atoms with van der Waals surface area (Å²) in [5, 5.41) is 2.51. The van der Waals surface area contributed by atoms with Crippen LogP contribution in [0, 0.1) is 0 Å². The maximum Gasteiger partial charge on any atom is 0.416 e. The van der Waals surface area contributed by atoms with E-state index in [0.717, 1.165) is 18.2 Å². The van der Waals surface area contributed by atoms with E-state index in [4.69, 9.17) is 16.3 Å². The second-order valence-corrected chi connectivity index (χ2v) is 6.07. The van der Waals surface area contributed by atoms with E-state index < -0.39 is 29.7 Å². The number of amides is 1. The van der Waals surface area contributed by atoms with Crippen LogP contribution >= 0.6 is 11.6 Å². The van der Waals surface area contributed by atoms with Gasteiger partial charge in [0.05, 0.1) is 19.1 Å². The second-order valence-electron chi connectivity index (χ2n) is 5.63. The van der Waals surface area contributed by atoms with Gasteiger partial charge < -0.3 is 10.1 Å². The van der Waals surface area contributed by atoms with Crippen LogP contribution in [0.5, 0.6) is 5.75 Å². The van der Waals surface area contributed by atoms with Crippen LogP contribution in [0.3, 0.4) is 0 Å². The molecule has 0 radical (unpaired) electrons. The topological polar surface area (TPSA) is 38.3 Å². The monoisotopic (exact) mass is 373 g/mol. The molecule has 1 aliphatic rings. The van der Waals surface area contributed by atoms with Crippen molar-refractivity contribution in [3.63, 3.8) is 0 Å². The number of carbonyl (C=O) groups is 1. The Labute approximate surface area is 145 Å². The SMILES string of the molecule is COc1ccc(Cl)cc1C1(F)CC(=O)Nc2cc(C(F)(F)F)ccc21. The number of halogens is 5. The molecule has 25 heavy (non-hydrogen) atoms. The Hall–Kier alpha value is -2.28.